The number of furan rings is 1. The van der Waals surface area contributed by atoms with Crippen molar-refractivity contribution in [2.45, 2.75) is 26.4 Å². The van der Waals surface area contributed by atoms with Crippen LogP contribution in [0.5, 0.6) is 5.75 Å². The van der Waals surface area contributed by atoms with Crippen molar-refractivity contribution >= 4 is 29.3 Å². The van der Waals surface area contributed by atoms with Crippen molar-refractivity contribution in [1.29, 1.82) is 0 Å². The molecule has 35 heavy (non-hydrogen) atoms. The Bertz CT molecular complexity index is 1190. The Balaban J connectivity index is 1.20. The molecular formula is C26H26ClN3O5. The van der Waals surface area contributed by atoms with E-state index in [0.717, 1.165) is 11.1 Å². The van der Waals surface area contributed by atoms with Crippen molar-refractivity contribution in [3.8, 4) is 5.75 Å². The highest BCUT2D eigenvalue weighted by molar-refractivity contribution is 6.31. The number of nitrogens with zero attached hydrogens (tertiary/aromatic N) is 1. The first-order chi connectivity index (χ1) is 16.9. The zero-order valence-corrected chi connectivity index (χ0v) is 20.0. The van der Waals surface area contributed by atoms with E-state index in [-0.39, 0.29) is 23.5 Å². The Morgan fingerprint density at radius 3 is 2.46 bits per heavy atom. The average Bonchev–Trinajstić information content (AvgIpc) is 3.43. The second-order valence-electron chi connectivity index (χ2n) is 8.38. The van der Waals surface area contributed by atoms with Crippen molar-refractivity contribution in [2.24, 2.45) is 5.92 Å². The summed E-state index contributed by atoms with van der Waals surface area (Å²) in [4.78, 5) is 38.9. The minimum atomic E-state index is -0.412. The third-order valence-electron chi connectivity index (χ3n) is 5.94. The van der Waals surface area contributed by atoms with Gasteiger partial charge in [0.05, 0.1) is 6.26 Å². The van der Waals surface area contributed by atoms with E-state index in [1.807, 2.05) is 13.0 Å². The molecule has 1 aliphatic heterocycles. The van der Waals surface area contributed by atoms with E-state index in [1.165, 1.54) is 6.26 Å². The Kier molecular flexibility index (Phi) is 7.72. The maximum Gasteiger partial charge on any atom is 0.289 e. The number of benzene rings is 2. The van der Waals surface area contributed by atoms with Crippen LogP contribution >= 0.6 is 11.6 Å². The van der Waals surface area contributed by atoms with E-state index < -0.39 is 5.91 Å². The molecule has 9 heteroatoms. The number of halogens is 1. The van der Waals surface area contributed by atoms with Gasteiger partial charge in [0.15, 0.2) is 5.76 Å². The smallest absolute Gasteiger partial charge is 0.289 e. The predicted octanol–water partition coefficient (Wildman–Crippen LogP) is 4.13. The minimum Gasteiger partial charge on any atom is -0.489 e. The van der Waals surface area contributed by atoms with Crippen LogP contribution in [0.2, 0.25) is 5.02 Å². The van der Waals surface area contributed by atoms with Crippen molar-refractivity contribution in [3.63, 3.8) is 0 Å². The van der Waals surface area contributed by atoms with Gasteiger partial charge in [0.1, 0.15) is 12.4 Å². The number of amides is 3. The number of piperidine rings is 1. The van der Waals surface area contributed by atoms with Gasteiger partial charge in [-0.25, -0.2) is 0 Å². The maximum atomic E-state index is 12.5. The first kappa shape index (κ1) is 24.3. The van der Waals surface area contributed by atoms with Gasteiger partial charge in [-0.05, 0) is 73.4 Å². The fourth-order valence-electron chi connectivity index (χ4n) is 3.82. The third-order valence-corrected chi connectivity index (χ3v) is 6.36. The van der Waals surface area contributed by atoms with Gasteiger partial charge < -0.3 is 14.1 Å². The molecule has 1 aliphatic rings. The summed E-state index contributed by atoms with van der Waals surface area (Å²) in [5, 5.41) is 0.686. The molecule has 0 unspecified atom stereocenters. The van der Waals surface area contributed by atoms with Gasteiger partial charge in [0, 0.05) is 29.6 Å². The number of rotatable bonds is 6. The van der Waals surface area contributed by atoms with Crippen LogP contribution in [0, 0.1) is 12.8 Å². The van der Waals surface area contributed by atoms with Crippen LogP contribution in [0.25, 0.3) is 0 Å². The number of hydrazine groups is 1. The zero-order chi connectivity index (χ0) is 24.8. The molecule has 3 amide bonds. The molecule has 2 N–H and O–H groups in total. The predicted molar refractivity (Wildman–Crippen MR) is 130 cm³/mol. The molecule has 0 bridgehead atoms. The van der Waals surface area contributed by atoms with Crippen LogP contribution in [0.1, 0.15) is 44.9 Å². The molecule has 0 atom stereocenters. The van der Waals surface area contributed by atoms with Gasteiger partial charge in [0.2, 0.25) is 5.91 Å². The lowest BCUT2D eigenvalue weighted by molar-refractivity contribution is -0.127. The third kappa shape index (κ3) is 6.22. The summed E-state index contributed by atoms with van der Waals surface area (Å²) < 4.78 is 10.9. The summed E-state index contributed by atoms with van der Waals surface area (Å²) in [6, 6.07) is 15.7. The lowest BCUT2D eigenvalue weighted by atomic mass is 9.96. The number of hydrogen-bond donors (Lipinski definition) is 2. The lowest BCUT2D eigenvalue weighted by Crippen LogP contribution is -2.48. The SMILES string of the molecule is Cc1cc(OCc2ccc(C(=O)NNC(=O)C3CCN(C(=O)c4ccco4)CC3)cc2)ccc1Cl. The molecular weight excluding hydrogens is 470 g/mol. The number of likely N-dealkylation sites (tertiary alicyclic amines) is 1. The molecule has 2 aromatic carbocycles. The largest absolute Gasteiger partial charge is 0.489 e. The molecule has 0 radical (unpaired) electrons. The molecule has 1 aromatic heterocycles. The highest BCUT2D eigenvalue weighted by atomic mass is 35.5. The summed E-state index contributed by atoms with van der Waals surface area (Å²) in [5.41, 5.74) is 7.21. The fraction of sp³-hybridized carbons (Fsp3) is 0.269. The van der Waals surface area contributed by atoms with Gasteiger partial charge in [-0.15, -0.1) is 0 Å². The zero-order valence-electron chi connectivity index (χ0n) is 19.3. The molecule has 0 spiro atoms. The Morgan fingerprint density at radius 1 is 1.06 bits per heavy atom. The molecule has 8 nitrogen and oxygen atoms in total. The van der Waals surface area contributed by atoms with Crippen molar-refractivity contribution in [3.05, 3.63) is 88.3 Å². The number of carbonyl (C=O) groups excluding carboxylic acids is 3. The van der Waals surface area contributed by atoms with Crippen LogP contribution in [0.3, 0.4) is 0 Å². The van der Waals surface area contributed by atoms with Gasteiger partial charge in [-0.1, -0.05) is 23.7 Å². The lowest BCUT2D eigenvalue weighted by Gasteiger charge is -2.30. The van der Waals surface area contributed by atoms with E-state index in [0.29, 0.717) is 48.9 Å². The molecule has 1 saturated heterocycles. The van der Waals surface area contributed by atoms with Gasteiger partial charge in [-0.3, -0.25) is 25.2 Å². The molecule has 4 rings (SSSR count). The maximum absolute atomic E-state index is 12.5. The number of carbonyl (C=O) groups is 3. The second kappa shape index (κ2) is 11.1. The van der Waals surface area contributed by atoms with E-state index >= 15 is 0 Å². The van der Waals surface area contributed by atoms with E-state index in [4.69, 9.17) is 20.8 Å². The molecule has 0 saturated carbocycles. The van der Waals surface area contributed by atoms with Crippen LogP contribution in [-0.2, 0) is 11.4 Å². The van der Waals surface area contributed by atoms with Crippen LogP contribution in [0.15, 0.2) is 65.3 Å². The molecule has 3 aromatic rings. The second-order valence-corrected chi connectivity index (χ2v) is 8.79. The molecule has 182 valence electrons. The van der Waals surface area contributed by atoms with E-state index in [2.05, 4.69) is 10.9 Å². The first-order valence-electron chi connectivity index (χ1n) is 11.3. The summed E-state index contributed by atoms with van der Waals surface area (Å²) in [6.45, 7) is 3.16. The Morgan fingerprint density at radius 2 is 1.80 bits per heavy atom. The summed E-state index contributed by atoms with van der Waals surface area (Å²) >= 11 is 6.03. The highest BCUT2D eigenvalue weighted by Crippen LogP contribution is 2.22. The van der Waals surface area contributed by atoms with Crippen LogP contribution in [-0.4, -0.2) is 35.7 Å². The number of aryl methyl sites for hydroxylation is 1. The summed E-state index contributed by atoms with van der Waals surface area (Å²) in [5.74, 6) is -0.145. The van der Waals surface area contributed by atoms with E-state index in [9.17, 15) is 14.4 Å². The molecule has 1 fully saturated rings. The van der Waals surface area contributed by atoms with E-state index in [1.54, 1.807) is 53.4 Å². The van der Waals surface area contributed by atoms with Gasteiger partial charge in [0.25, 0.3) is 11.8 Å². The summed E-state index contributed by atoms with van der Waals surface area (Å²) in [7, 11) is 0. The average molecular weight is 496 g/mol. The number of nitrogens with one attached hydrogen (secondary N) is 2. The quantitative estimate of drug-likeness (QED) is 0.501. The van der Waals surface area contributed by atoms with Gasteiger partial charge >= 0.3 is 0 Å². The van der Waals surface area contributed by atoms with Gasteiger partial charge in [-0.2, -0.15) is 0 Å². The van der Waals surface area contributed by atoms with Crippen molar-refractivity contribution < 1.29 is 23.5 Å². The Labute approximate surface area is 208 Å². The first-order valence-corrected chi connectivity index (χ1v) is 11.7. The normalized spacial score (nSPS) is 13.8. The Hall–Kier alpha value is -3.78. The monoisotopic (exact) mass is 495 g/mol. The molecule has 0 aliphatic carbocycles. The fourth-order valence-corrected chi connectivity index (χ4v) is 3.94. The van der Waals surface area contributed by atoms with Crippen molar-refractivity contribution in [2.75, 3.05) is 13.1 Å². The summed E-state index contributed by atoms with van der Waals surface area (Å²) in [6.07, 6.45) is 2.48. The number of hydrogen-bond acceptors (Lipinski definition) is 5. The van der Waals surface area contributed by atoms with Crippen molar-refractivity contribution in [1.82, 2.24) is 15.8 Å². The standard InChI is InChI=1S/C26H26ClN3O5/c1-17-15-21(8-9-22(17)27)35-16-18-4-6-19(7-5-18)24(31)28-29-25(32)20-10-12-30(13-11-20)26(33)23-3-2-14-34-23/h2-9,14-15,20H,10-13,16H2,1H3,(H,28,31)(H,29,32). The minimum absolute atomic E-state index is 0.181. The van der Waals surface area contributed by atoms with Crippen LogP contribution < -0.4 is 15.6 Å². The molecule has 2 heterocycles. The highest BCUT2D eigenvalue weighted by Gasteiger charge is 2.29. The topological polar surface area (TPSA) is 101 Å². The van der Waals surface area contributed by atoms with Crippen LogP contribution in [0.4, 0.5) is 0 Å². The number of ether oxygens (including phenoxy) is 1.